The van der Waals surface area contributed by atoms with E-state index in [0.29, 0.717) is 0 Å². The van der Waals surface area contributed by atoms with Crippen LogP contribution in [0.2, 0.25) is 0 Å². The van der Waals surface area contributed by atoms with E-state index in [9.17, 15) is 4.79 Å². The molecule has 3 heterocycles. The molecule has 1 aromatic carbocycles. The maximum absolute atomic E-state index is 10.0. The fraction of sp³-hybridized carbons (Fsp3) is 0.174. The average molecular weight is 582 g/mol. The van der Waals surface area contributed by atoms with E-state index in [-0.39, 0.29) is 31.6 Å². The Morgan fingerprint density at radius 2 is 1.83 bits per heavy atom. The molecule has 4 nitrogen and oxygen atoms in total. The smallest absolute Gasteiger partial charge is 0.155 e. The van der Waals surface area contributed by atoms with Crippen molar-refractivity contribution in [2.75, 3.05) is 0 Å². The van der Waals surface area contributed by atoms with Crippen LogP contribution < -0.4 is 0 Å². The molecule has 0 spiro atoms. The molecule has 0 aliphatic carbocycles. The van der Waals surface area contributed by atoms with Gasteiger partial charge in [-0.05, 0) is 48.9 Å². The number of rotatable bonds is 2. The largest absolute Gasteiger partial charge is 0.512 e. The molecule has 4 aromatic rings. The Labute approximate surface area is 187 Å². The van der Waals surface area contributed by atoms with Crippen LogP contribution in [0, 0.1) is 19.9 Å². The third kappa shape index (κ3) is 5.57. The van der Waals surface area contributed by atoms with E-state index in [1.807, 2.05) is 19.3 Å². The molecule has 29 heavy (non-hydrogen) atoms. The summed E-state index contributed by atoms with van der Waals surface area (Å²) in [5, 5.41) is 12.7. The van der Waals surface area contributed by atoms with Gasteiger partial charge in [-0.1, -0.05) is 29.1 Å². The third-order valence-corrected chi connectivity index (χ3v) is 4.93. The molecule has 0 aliphatic rings. The van der Waals surface area contributed by atoms with Crippen LogP contribution >= 0.6 is 11.3 Å². The van der Waals surface area contributed by atoms with E-state index in [1.165, 1.54) is 24.6 Å². The zero-order chi connectivity index (χ0) is 20.3. The topological polar surface area (TPSA) is 63.1 Å². The number of thiophene rings is 1. The second kappa shape index (κ2) is 9.88. The summed E-state index contributed by atoms with van der Waals surface area (Å²) in [4.78, 5) is 19.2. The molecule has 1 N–H and O–H groups in total. The number of aliphatic hydroxyl groups is 1. The van der Waals surface area contributed by atoms with E-state index in [4.69, 9.17) is 5.11 Å². The number of hydrogen-bond acceptors (Lipinski definition) is 5. The van der Waals surface area contributed by atoms with Crippen molar-refractivity contribution in [1.29, 1.82) is 0 Å². The van der Waals surface area contributed by atoms with Crippen molar-refractivity contribution >= 4 is 38.1 Å². The number of fused-ring (bicyclic) bond motifs is 3. The quantitative estimate of drug-likeness (QED) is 0.180. The Balaban J connectivity index is 0.000000327. The van der Waals surface area contributed by atoms with Crippen molar-refractivity contribution < 1.29 is 30.0 Å². The standard InChI is InChI=1S/C18H13N2S.C5H8O2.Ir/c1-11-3-4-16(19-9-11)14-8-13-5-6-21-18(13)17-15(14)7-12(2)10-20-17;1-4(6)3-5(2)7;/h3-7,9-10H,1-2H3;3,6H,1-2H3;/q-1;;/b;4-3-;. The van der Waals surface area contributed by atoms with Crippen LogP contribution in [0.1, 0.15) is 25.0 Å². The van der Waals surface area contributed by atoms with Gasteiger partial charge in [-0.3, -0.25) is 14.8 Å². The summed E-state index contributed by atoms with van der Waals surface area (Å²) in [7, 11) is 0. The SMILES string of the molecule is CC(=O)/C=C(/C)O.Cc1ccc(-c2[c-]c3ccsc3c3ncc(C)cc23)nc1.[Ir]. The van der Waals surface area contributed by atoms with Gasteiger partial charge in [0.15, 0.2) is 5.78 Å². The maximum Gasteiger partial charge on any atom is 0.155 e. The first-order chi connectivity index (χ1) is 13.3. The summed E-state index contributed by atoms with van der Waals surface area (Å²) >= 11 is 1.71. The zero-order valence-electron chi connectivity index (χ0n) is 16.6. The summed E-state index contributed by atoms with van der Waals surface area (Å²) in [6, 6.07) is 11.9. The van der Waals surface area contributed by atoms with Gasteiger partial charge in [-0.2, -0.15) is 11.3 Å². The number of carbonyl (C=O) groups excluding carboxylic acids is 1. The maximum atomic E-state index is 10.0. The van der Waals surface area contributed by atoms with Gasteiger partial charge in [0.2, 0.25) is 0 Å². The van der Waals surface area contributed by atoms with E-state index < -0.39 is 0 Å². The molecule has 0 saturated carbocycles. The normalized spacial score (nSPS) is 11.0. The molecule has 4 rings (SSSR count). The molecule has 0 amide bonds. The number of ketones is 1. The Hall–Kier alpha value is -2.40. The van der Waals surface area contributed by atoms with Gasteiger partial charge in [0.1, 0.15) is 0 Å². The van der Waals surface area contributed by atoms with Gasteiger partial charge >= 0.3 is 0 Å². The molecule has 0 unspecified atom stereocenters. The van der Waals surface area contributed by atoms with E-state index in [0.717, 1.165) is 38.7 Å². The summed E-state index contributed by atoms with van der Waals surface area (Å²) in [5.41, 5.74) is 5.34. The summed E-state index contributed by atoms with van der Waals surface area (Å²) in [5.74, 6) is -0.0625. The molecule has 6 heteroatoms. The molecule has 1 radical (unpaired) electrons. The average Bonchev–Trinajstić information content (AvgIpc) is 3.09. The number of aliphatic hydroxyl groups excluding tert-OH is 1. The Morgan fingerprint density at radius 3 is 2.41 bits per heavy atom. The van der Waals surface area contributed by atoms with Crippen LogP contribution in [-0.4, -0.2) is 20.9 Å². The van der Waals surface area contributed by atoms with Crippen molar-refractivity contribution in [2.45, 2.75) is 27.7 Å². The van der Waals surface area contributed by atoms with Crippen molar-refractivity contribution in [1.82, 2.24) is 9.97 Å². The number of allylic oxidation sites excluding steroid dienone is 2. The Morgan fingerprint density at radius 1 is 1.10 bits per heavy atom. The minimum atomic E-state index is -0.125. The fourth-order valence-corrected chi connectivity index (χ4v) is 3.71. The number of hydrogen-bond donors (Lipinski definition) is 1. The molecule has 3 aromatic heterocycles. The molecule has 0 bridgehead atoms. The van der Waals surface area contributed by atoms with E-state index in [1.54, 1.807) is 11.3 Å². The number of aryl methyl sites for hydroxylation is 2. The van der Waals surface area contributed by atoms with Crippen molar-refractivity contribution in [3.8, 4) is 11.3 Å². The second-order valence-electron chi connectivity index (χ2n) is 6.69. The number of aromatic nitrogens is 2. The van der Waals surface area contributed by atoms with Gasteiger partial charge in [0.05, 0.1) is 5.76 Å². The minimum Gasteiger partial charge on any atom is -0.512 e. The molecular formula is C23H21IrN2O2S-. The predicted octanol–water partition coefficient (Wildman–Crippen LogP) is 5.96. The predicted molar refractivity (Wildman–Crippen MR) is 116 cm³/mol. The molecule has 0 fully saturated rings. The number of benzene rings is 1. The van der Waals surface area contributed by atoms with Gasteiger partial charge in [0, 0.05) is 49.8 Å². The second-order valence-corrected chi connectivity index (χ2v) is 7.61. The van der Waals surface area contributed by atoms with Crippen LogP contribution in [0.5, 0.6) is 0 Å². The summed E-state index contributed by atoms with van der Waals surface area (Å²) < 4.78 is 1.20. The van der Waals surface area contributed by atoms with Gasteiger partial charge < -0.3 is 5.11 Å². The first kappa shape index (κ1) is 22.9. The van der Waals surface area contributed by atoms with Crippen LogP contribution in [-0.2, 0) is 24.9 Å². The van der Waals surface area contributed by atoms with E-state index >= 15 is 0 Å². The summed E-state index contributed by atoms with van der Waals surface area (Å²) in [6.45, 7) is 6.96. The van der Waals surface area contributed by atoms with Crippen LogP contribution in [0.25, 0.3) is 32.2 Å². The van der Waals surface area contributed by atoms with E-state index in [2.05, 4.69) is 52.6 Å². The van der Waals surface area contributed by atoms with Gasteiger partial charge in [0.25, 0.3) is 0 Å². The monoisotopic (exact) mass is 582 g/mol. The molecule has 0 atom stereocenters. The number of nitrogens with zero attached hydrogens (tertiary/aromatic N) is 2. The first-order valence-corrected chi connectivity index (χ1v) is 9.73. The van der Waals surface area contributed by atoms with Crippen LogP contribution in [0.4, 0.5) is 0 Å². The third-order valence-electron chi connectivity index (χ3n) is 4.01. The first-order valence-electron chi connectivity index (χ1n) is 8.85. The molecule has 0 aliphatic heterocycles. The van der Waals surface area contributed by atoms with Gasteiger partial charge in [-0.15, -0.1) is 17.5 Å². The Kier molecular flexibility index (Phi) is 7.80. The van der Waals surface area contributed by atoms with Crippen molar-refractivity contribution in [3.63, 3.8) is 0 Å². The number of pyridine rings is 2. The zero-order valence-corrected chi connectivity index (χ0v) is 19.8. The van der Waals surface area contributed by atoms with Gasteiger partial charge in [-0.25, -0.2) is 0 Å². The molecule has 0 saturated heterocycles. The summed E-state index contributed by atoms with van der Waals surface area (Å²) in [6.07, 6.45) is 4.99. The molecule has 151 valence electrons. The van der Waals surface area contributed by atoms with Crippen LogP contribution in [0.15, 0.2) is 53.9 Å². The van der Waals surface area contributed by atoms with Crippen LogP contribution in [0.3, 0.4) is 0 Å². The number of carbonyl (C=O) groups is 1. The minimum absolute atomic E-state index is 0. The van der Waals surface area contributed by atoms with Crippen molar-refractivity contribution in [2.24, 2.45) is 0 Å². The van der Waals surface area contributed by atoms with Crippen molar-refractivity contribution in [3.05, 3.63) is 71.1 Å². The fourth-order valence-electron chi connectivity index (χ4n) is 2.85. The molecular weight excluding hydrogens is 561 g/mol. The Bertz CT molecular complexity index is 1180.